The van der Waals surface area contributed by atoms with Crippen LogP contribution in [0.1, 0.15) is 25.7 Å². The van der Waals surface area contributed by atoms with Gasteiger partial charge in [0, 0.05) is 20.7 Å². The van der Waals surface area contributed by atoms with Gasteiger partial charge < -0.3 is 10.4 Å². The Hall–Kier alpha value is -1.08. The first-order valence-electron chi connectivity index (χ1n) is 6.42. The van der Waals surface area contributed by atoms with Crippen LogP contribution >= 0.6 is 15.9 Å². The van der Waals surface area contributed by atoms with E-state index in [9.17, 15) is 9.00 Å². The van der Waals surface area contributed by atoms with Gasteiger partial charge in [-0.25, -0.2) is 13.8 Å². The molecular formula is C13H17BrN2O3S. The summed E-state index contributed by atoms with van der Waals surface area (Å²) in [7, 11) is -2.83. The van der Waals surface area contributed by atoms with Gasteiger partial charge in [0.05, 0.1) is 9.73 Å². The second-order valence-electron chi connectivity index (χ2n) is 4.98. The van der Waals surface area contributed by atoms with E-state index in [-0.39, 0.29) is 11.3 Å². The van der Waals surface area contributed by atoms with E-state index in [4.69, 9.17) is 9.89 Å². The van der Waals surface area contributed by atoms with Crippen molar-refractivity contribution in [3.05, 3.63) is 28.7 Å². The fourth-order valence-electron chi connectivity index (χ4n) is 2.54. The van der Waals surface area contributed by atoms with Crippen LogP contribution in [0.25, 0.3) is 0 Å². The summed E-state index contributed by atoms with van der Waals surface area (Å²) in [6.45, 7) is 0. The number of carboxylic acid groups (broad SMARTS) is 1. The Morgan fingerprint density at radius 1 is 1.25 bits per heavy atom. The lowest BCUT2D eigenvalue weighted by Gasteiger charge is -2.29. The first kappa shape index (κ1) is 15.3. The number of hydrogen-bond donors (Lipinski definition) is 3. The maximum atomic E-state index is 12.7. The van der Waals surface area contributed by atoms with Crippen LogP contribution in [0.2, 0.25) is 0 Å². The molecule has 1 fully saturated rings. The van der Waals surface area contributed by atoms with Crippen molar-refractivity contribution < 1.29 is 14.1 Å². The largest absolute Gasteiger partial charge is 0.465 e. The van der Waals surface area contributed by atoms with Crippen LogP contribution in [0.5, 0.6) is 0 Å². The normalized spacial score (nSPS) is 25.6. The van der Waals surface area contributed by atoms with E-state index in [2.05, 4.69) is 21.2 Å². The Kier molecular flexibility index (Phi) is 4.70. The molecule has 110 valence electrons. The van der Waals surface area contributed by atoms with Crippen LogP contribution < -0.4 is 5.32 Å². The van der Waals surface area contributed by atoms with Gasteiger partial charge in [-0.3, -0.25) is 0 Å². The minimum absolute atomic E-state index is 0.0798. The Morgan fingerprint density at radius 2 is 1.80 bits per heavy atom. The molecule has 3 N–H and O–H groups in total. The van der Waals surface area contributed by atoms with Crippen molar-refractivity contribution in [2.24, 2.45) is 0 Å². The predicted octanol–water partition coefficient (Wildman–Crippen LogP) is 3.43. The number of halogens is 1. The van der Waals surface area contributed by atoms with Crippen molar-refractivity contribution in [3.8, 4) is 0 Å². The highest BCUT2D eigenvalue weighted by Crippen LogP contribution is 2.30. The molecule has 0 aromatic heterocycles. The fraction of sp³-hybridized carbons (Fsp3) is 0.462. The monoisotopic (exact) mass is 360 g/mol. The second kappa shape index (κ2) is 6.13. The molecule has 1 saturated carbocycles. The van der Waals surface area contributed by atoms with Crippen molar-refractivity contribution in [1.82, 2.24) is 5.32 Å². The summed E-state index contributed by atoms with van der Waals surface area (Å²) in [5.41, 5.74) is 0. The molecule has 1 amide bonds. The summed E-state index contributed by atoms with van der Waals surface area (Å²) in [6, 6.07) is 6.95. The van der Waals surface area contributed by atoms with Crippen LogP contribution in [0.4, 0.5) is 4.79 Å². The smallest absolute Gasteiger partial charge is 0.404 e. The molecule has 20 heavy (non-hydrogen) atoms. The lowest BCUT2D eigenvalue weighted by Crippen LogP contribution is -2.39. The minimum Gasteiger partial charge on any atom is -0.465 e. The van der Waals surface area contributed by atoms with Gasteiger partial charge in [-0.2, -0.15) is 0 Å². The van der Waals surface area contributed by atoms with Crippen molar-refractivity contribution in [3.63, 3.8) is 0 Å². The Labute approximate surface area is 126 Å². The minimum atomic E-state index is -2.83. The summed E-state index contributed by atoms with van der Waals surface area (Å²) in [6.07, 6.45) is 1.49. The van der Waals surface area contributed by atoms with Gasteiger partial charge in [0.25, 0.3) is 0 Å². The lowest BCUT2D eigenvalue weighted by molar-refractivity contribution is 0.186. The first-order chi connectivity index (χ1) is 9.39. The summed E-state index contributed by atoms with van der Waals surface area (Å²) >= 11 is 3.32. The molecule has 0 radical (unpaired) electrons. The van der Waals surface area contributed by atoms with E-state index in [1.54, 1.807) is 24.3 Å². The van der Waals surface area contributed by atoms with Crippen LogP contribution in [-0.2, 0) is 9.73 Å². The molecule has 0 aliphatic heterocycles. The molecular weight excluding hydrogens is 344 g/mol. The van der Waals surface area contributed by atoms with Gasteiger partial charge in [0.2, 0.25) is 0 Å². The quantitative estimate of drug-likeness (QED) is 0.770. The summed E-state index contributed by atoms with van der Waals surface area (Å²) in [5, 5.41) is 10.9. The van der Waals surface area contributed by atoms with Gasteiger partial charge >= 0.3 is 6.09 Å². The molecule has 0 heterocycles. The van der Waals surface area contributed by atoms with Crippen molar-refractivity contribution in [1.29, 1.82) is 4.78 Å². The van der Waals surface area contributed by atoms with Crippen molar-refractivity contribution in [2.45, 2.75) is 41.9 Å². The number of benzene rings is 1. The van der Waals surface area contributed by atoms with Gasteiger partial charge in [-0.05, 0) is 49.9 Å². The third-order valence-electron chi connectivity index (χ3n) is 3.64. The molecule has 1 unspecified atom stereocenters. The van der Waals surface area contributed by atoms with Crippen LogP contribution in [0.15, 0.2) is 33.6 Å². The second-order valence-corrected chi connectivity index (χ2v) is 8.23. The van der Waals surface area contributed by atoms with Gasteiger partial charge in [0.1, 0.15) is 0 Å². The number of amides is 1. The average Bonchev–Trinajstić information content (AvgIpc) is 2.39. The molecule has 1 aromatic carbocycles. The summed E-state index contributed by atoms with van der Waals surface area (Å²) in [5.74, 6) is 0. The summed E-state index contributed by atoms with van der Waals surface area (Å²) < 4.78 is 21.8. The van der Waals surface area contributed by atoms with Gasteiger partial charge in [0.15, 0.2) is 0 Å². The Balaban J connectivity index is 2.05. The van der Waals surface area contributed by atoms with Crippen molar-refractivity contribution in [2.75, 3.05) is 0 Å². The van der Waals surface area contributed by atoms with Crippen LogP contribution in [-0.4, -0.2) is 26.7 Å². The number of rotatable bonds is 3. The van der Waals surface area contributed by atoms with Crippen LogP contribution in [0.3, 0.4) is 0 Å². The van der Waals surface area contributed by atoms with E-state index in [0.29, 0.717) is 30.6 Å². The Morgan fingerprint density at radius 3 is 2.30 bits per heavy atom. The number of carbonyl (C=O) groups is 1. The molecule has 1 atom stereocenters. The van der Waals surface area contributed by atoms with Gasteiger partial charge in [-0.1, -0.05) is 15.9 Å². The molecule has 1 aliphatic rings. The molecule has 5 nitrogen and oxygen atoms in total. The van der Waals surface area contributed by atoms with Gasteiger partial charge in [-0.15, -0.1) is 0 Å². The average molecular weight is 361 g/mol. The fourth-order valence-corrected chi connectivity index (χ4v) is 4.67. The molecule has 0 spiro atoms. The van der Waals surface area contributed by atoms with E-state index in [1.165, 1.54) is 0 Å². The van der Waals surface area contributed by atoms with E-state index >= 15 is 0 Å². The third kappa shape index (κ3) is 3.52. The summed E-state index contributed by atoms with van der Waals surface area (Å²) in [4.78, 5) is 11.1. The highest BCUT2D eigenvalue weighted by Gasteiger charge is 2.30. The zero-order valence-electron chi connectivity index (χ0n) is 10.8. The zero-order chi connectivity index (χ0) is 14.8. The van der Waals surface area contributed by atoms with E-state index in [0.717, 1.165) is 4.47 Å². The topological polar surface area (TPSA) is 90.3 Å². The molecule has 0 saturated heterocycles. The first-order valence-corrected chi connectivity index (χ1v) is 8.83. The third-order valence-corrected chi connectivity index (χ3v) is 6.55. The van der Waals surface area contributed by atoms with E-state index in [1.807, 2.05) is 0 Å². The number of nitrogens with one attached hydrogen (secondary N) is 2. The SMILES string of the molecule is N=S(=O)(c1ccc(Br)cc1)C1CCC(NC(=O)O)CC1. The highest BCUT2D eigenvalue weighted by molar-refractivity contribution is 9.10. The van der Waals surface area contributed by atoms with Crippen LogP contribution in [0, 0.1) is 4.78 Å². The molecule has 7 heteroatoms. The lowest BCUT2D eigenvalue weighted by atomic mass is 9.95. The van der Waals surface area contributed by atoms with E-state index < -0.39 is 15.8 Å². The Bertz CT molecular complexity index is 578. The molecule has 1 aliphatic carbocycles. The number of hydrogen-bond acceptors (Lipinski definition) is 3. The molecule has 0 bridgehead atoms. The standard InChI is InChI=1S/C13H17BrN2O3S/c14-9-1-5-11(6-2-9)20(15,19)12-7-3-10(4-8-12)16-13(17)18/h1-2,5-6,10,12,15-16H,3-4,7-8H2,(H,17,18). The zero-order valence-corrected chi connectivity index (χ0v) is 13.2. The predicted molar refractivity (Wildman–Crippen MR) is 80.5 cm³/mol. The maximum Gasteiger partial charge on any atom is 0.404 e. The van der Waals surface area contributed by atoms with Crippen molar-refractivity contribution >= 4 is 31.8 Å². The highest BCUT2D eigenvalue weighted by atomic mass is 79.9. The maximum absolute atomic E-state index is 12.7. The molecule has 2 rings (SSSR count). The molecule has 1 aromatic rings.